The predicted molar refractivity (Wildman–Crippen MR) is 85.6 cm³/mol. The number of rotatable bonds is 4. The molecule has 20 heavy (non-hydrogen) atoms. The van der Waals surface area contributed by atoms with Gasteiger partial charge in [-0.1, -0.05) is 52.1 Å². The highest BCUT2D eigenvalue weighted by atomic mass is 35.5. The smallest absolute Gasteiger partial charge is 0.138 e. The largest absolute Gasteiger partial charge is 0.356 e. The number of hydrogen-bond donors (Lipinski definition) is 0. The highest BCUT2D eigenvalue weighted by Crippen LogP contribution is 2.40. The highest BCUT2D eigenvalue weighted by molar-refractivity contribution is 6.30. The van der Waals surface area contributed by atoms with Crippen LogP contribution in [0.3, 0.4) is 0 Å². The Morgan fingerprint density at radius 2 is 1.80 bits per heavy atom. The standard InChI is InChI=1S/C16H26ClN3/c1-5-16(6-2)7-9-20(10-8-16)15-13(12(3)4)14(17)18-11-19-15/h11-12H,5-10H2,1-4H3. The maximum absolute atomic E-state index is 6.28. The van der Waals surface area contributed by atoms with Gasteiger partial charge in [-0.3, -0.25) is 0 Å². The summed E-state index contributed by atoms with van der Waals surface area (Å²) >= 11 is 6.28. The van der Waals surface area contributed by atoms with Crippen LogP contribution in [0.5, 0.6) is 0 Å². The van der Waals surface area contributed by atoms with Crippen LogP contribution in [0, 0.1) is 5.41 Å². The summed E-state index contributed by atoms with van der Waals surface area (Å²) in [6.45, 7) is 11.1. The lowest BCUT2D eigenvalue weighted by Gasteiger charge is -2.42. The van der Waals surface area contributed by atoms with Crippen molar-refractivity contribution in [1.82, 2.24) is 9.97 Å². The van der Waals surface area contributed by atoms with Crippen LogP contribution in [-0.4, -0.2) is 23.1 Å². The lowest BCUT2D eigenvalue weighted by Crippen LogP contribution is -2.40. The van der Waals surface area contributed by atoms with Crippen molar-refractivity contribution in [2.24, 2.45) is 5.41 Å². The molecule has 0 aliphatic carbocycles. The van der Waals surface area contributed by atoms with Crippen molar-refractivity contribution in [3.63, 3.8) is 0 Å². The average Bonchev–Trinajstić information content (AvgIpc) is 2.46. The summed E-state index contributed by atoms with van der Waals surface area (Å²) < 4.78 is 0. The number of anilines is 1. The van der Waals surface area contributed by atoms with Gasteiger partial charge in [0.2, 0.25) is 0 Å². The molecule has 1 aliphatic heterocycles. The molecule has 1 fully saturated rings. The van der Waals surface area contributed by atoms with Gasteiger partial charge < -0.3 is 4.90 Å². The van der Waals surface area contributed by atoms with Crippen LogP contribution in [0.25, 0.3) is 0 Å². The Labute approximate surface area is 127 Å². The molecule has 4 heteroatoms. The van der Waals surface area contributed by atoms with E-state index in [0.29, 0.717) is 16.5 Å². The minimum Gasteiger partial charge on any atom is -0.356 e. The summed E-state index contributed by atoms with van der Waals surface area (Å²) in [5.74, 6) is 1.39. The Morgan fingerprint density at radius 3 is 2.30 bits per heavy atom. The summed E-state index contributed by atoms with van der Waals surface area (Å²) in [4.78, 5) is 11.1. The molecule has 1 aromatic heterocycles. The van der Waals surface area contributed by atoms with Crippen LogP contribution in [0.1, 0.15) is 64.9 Å². The van der Waals surface area contributed by atoms with Crippen LogP contribution in [0.2, 0.25) is 5.15 Å². The van der Waals surface area contributed by atoms with E-state index in [1.807, 2.05) is 0 Å². The summed E-state index contributed by atoms with van der Waals surface area (Å²) in [5, 5.41) is 0.604. The average molecular weight is 296 g/mol. The molecule has 3 nitrogen and oxygen atoms in total. The number of halogens is 1. The van der Waals surface area contributed by atoms with Crippen molar-refractivity contribution >= 4 is 17.4 Å². The Hall–Kier alpha value is -0.830. The molecule has 2 rings (SSSR count). The van der Waals surface area contributed by atoms with Gasteiger partial charge in [0, 0.05) is 18.7 Å². The maximum atomic E-state index is 6.28. The van der Waals surface area contributed by atoms with E-state index in [1.165, 1.54) is 25.7 Å². The van der Waals surface area contributed by atoms with E-state index in [0.717, 1.165) is 24.5 Å². The number of piperidine rings is 1. The quantitative estimate of drug-likeness (QED) is 0.757. The van der Waals surface area contributed by atoms with Crippen molar-refractivity contribution in [3.05, 3.63) is 17.0 Å². The summed E-state index contributed by atoms with van der Waals surface area (Å²) in [6.07, 6.45) is 6.64. The second-order valence-corrected chi connectivity index (χ2v) is 6.61. The second kappa shape index (κ2) is 6.30. The van der Waals surface area contributed by atoms with Crippen molar-refractivity contribution in [2.45, 2.75) is 59.3 Å². The first-order valence-corrected chi connectivity index (χ1v) is 8.16. The van der Waals surface area contributed by atoms with Gasteiger partial charge >= 0.3 is 0 Å². The molecule has 1 aliphatic rings. The van der Waals surface area contributed by atoms with Crippen molar-refractivity contribution in [1.29, 1.82) is 0 Å². The van der Waals surface area contributed by atoms with Crippen molar-refractivity contribution < 1.29 is 0 Å². The summed E-state index contributed by atoms with van der Waals surface area (Å²) in [6, 6.07) is 0. The highest BCUT2D eigenvalue weighted by Gasteiger charge is 2.32. The molecule has 0 radical (unpaired) electrons. The third-order valence-corrected chi connectivity index (χ3v) is 5.32. The second-order valence-electron chi connectivity index (χ2n) is 6.25. The van der Waals surface area contributed by atoms with Crippen molar-refractivity contribution in [3.8, 4) is 0 Å². The number of nitrogens with zero attached hydrogens (tertiary/aromatic N) is 3. The van der Waals surface area contributed by atoms with Crippen LogP contribution >= 0.6 is 11.6 Å². The van der Waals surface area contributed by atoms with Gasteiger partial charge in [0.25, 0.3) is 0 Å². The van der Waals surface area contributed by atoms with Crippen LogP contribution < -0.4 is 4.90 Å². The Bertz CT molecular complexity index is 445. The van der Waals surface area contributed by atoms with E-state index in [9.17, 15) is 0 Å². The monoisotopic (exact) mass is 295 g/mol. The molecule has 112 valence electrons. The first-order valence-electron chi connectivity index (χ1n) is 7.78. The van der Waals surface area contributed by atoms with Gasteiger partial charge in [0.1, 0.15) is 17.3 Å². The maximum Gasteiger partial charge on any atom is 0.138 e. The van der Waals surface area contributed by atoms with Crippen molar-refractivity contribution in [2.75, 3.05) is 18.0 Å². The topological polar surface area (TPSA) is 29.0 Å². The van der Waals surface area contributed by atoms with E-state index in [-0.39, 0.29) is 0 Å². The minimum absolute atomic E-state index is 0.350. The van der Waals surface area contributed by atoms with E-state index < -0.39 is 0 Å². The molecule has 0 bridgehead atoms. The normalized spacial score (nSPS) is 18.6. The molecular formula is C16H26ClN3. The van der Waals surface area contributed by atoms with Gasteiger partial charge in [-0.15, -0.1) is 0 Å². The Kier molecular flexibility index (Phi) is 4.90. The molecule has 0 N–H and O–H groups in total. The molecule has 0 spiro atoms. The lowest BCUT2D eigenvalue weighted by atomic mass is 9.74. The van der Waals surface area contributed by atoms with Crippen LogP contribution in [0.15, 0.2) is 6.33 Å². The Balaban J connectivity index is 2.21. The van der Waals surface area contributed by atoms with Crippen LogP contribution in [0.4, 0.5) is 5.82 Å². The number of hydrogen-bond acceptors (Lipinski definition) is 3. The van der Waals surface area contributed by atoms with E-state index in [2.05, 4.69) is 42.6 Å². The first kappa shape index (κ1) is 15.6. The molecule has 2 heterocycles. The Morgan fingerprint density at radius 1 is 1.20 bits per heavy atom. The molecule has 0 amide bonds. The molecule has 0 atom stereocenters. The zero-order valence-corrected chi connectivity index (χ0v) is 13.9. The van der Waals surface area contributed by atoms with E-state index in [4.69, 9.17) is 11.6 Å². The molecule has 0 aromatic carbocycles. The summed E-state index contributed by atoms with van der Waals surface area (Å²) in [5.41, 5.74) is 1.63. The van der Waals surface area contributed by atoms with E-state index in [1.54, 1.807) is 6.33 Å². The molecule has 1 saturated heterocycles. The third-order valence-electron chi connectivity index (χ3n) is 5.02. The van der Waals surface area contributed by atoms with Gasteiger partial charge in [-0.25, -0.2) is 9.97 Å². The minimum atomic E-state index is 0.350. The van der Waals surface area contributed by atoms with Crippen LogP contribution in [-0.2, 0) is 0 Å². The zero-order chi connectivity index (χ0) is 14.8. The molecule has 1 aromatic rings. The SMILES string of the molecule is CCC1(CC)CCN(c2ncnc(Cl)c2C(C)C)CC1. The lowest BCUT2D eigenvalue weighted by molar-refractivity contribution is 0.199. The van der Waals surface area contributed by atoms with Gasteiger partial charge in [0.05, 0.1) is 0 Å². The fraction of sp³-hybridized carbons (Fsp3) is 0.750. The fourth-order valence-corrected chi connectivity index (χ4v) is 3.61. The van der Waals surface area contributed by atoms with Gasteiger partial charge in [-0.2, -0.15) is 0 Å². The fourth-order valence-electron chi connectivity index (χ4n) is 3.26. The number of aromatic nitrogens is 2. The van der Waals surface area contributed by atoms with Gasteiger partial charge in [0.15, 0.2) is 0 Å². The molecule has 0 saturated carbocycles. The predicted octanol–water partition coefficient (Wildman–Crippen LogP) is 4.66. The molecule has 0 unspecified atom stereocenters. The van der Waals surface area contributed by atoms with Gasteiger partial charge in [-0.05, 0) is 24.2 Å². The van der Waals surface area contributed by atoms with E-state index >= 15 is 0 Å². The summed E-state index contributed by atoms with van der Waals surface area (Å²) in [7, 11) is 0. The zero-order valence-electron chi connectivity index (χ0n) is 13.1. The third kappa shape index (κ3) is 2.93. The molecular weight excluding hydrogens is 270 g/mol. The first-order chi connectivity index (χ1) is 9.53.